The molecule has 0 saturated carbocycles. The lowest BCUT2D eigenvalue weighted by Crippen LogP contribution is -2.54. The molecule has 4 unspecified atom stereocenters. The zero-order valence-corrected chi connectivity index (χ0v) is 17.4. The first-order chi connectivity index (χ1) is 13.7. The minimum Gasteiger partial charge on any atom is -0.480 e. The number of likely N-dealkylation sites (tertiary alicyclic amines) is 1. The number of carboxylic acid groups (broad SMARTS) is 1. The van der Waals surface area contributed by atoms with E-state index in [0.717, 1.165) is 12.8 Å². The molecule has 0 bridgehead atoms. The Morgan fingerprint density at radius 2 is 1.93 bits per heavy atom. The lowest BCUT2D eigenvalue weighted by atomic mass is 9.99. The number of hydrogen-bond acceptors (Lipinski definition) is 6. The summed E-state index contributed by atoms with van der Waals surface area (Å²) in [4.78, 5) is 50.0. The quantitative estimate of drug-likeness (QED) is 0.260. The molecular weight excluding hydrogens is 378 g/mol. The zero-order valence-electron chi connectivity index (χ0n) is 17.4. The van der Waals surface area contributed by atoms with Crippen molar-refractivity contribution in [3.05, 3.63) is 0 Å². The molecule has 7 N–H and O–H groups in total. The molecule has 1 aliphatic heterocycles. The summed E-state index contributed by atoms with van der Waals surface area (Å²) in [5.74, 6) is -2.62. The van der Waals surface area contributed by atoms with Crippen molar-refractivity contribution in [2.75, 3.05) is 19.6 Å². The van der Waals surface area contributed by atoms with Crippen LogP contribution in [0.5, 0.6) is 0 Å². The lowest BCUT2D eigenvalue weighted by Gasteiger charge is -2.27. The van der Waals surface area contributed by atoms with Crippen LogP contribution >= 0.6 is 0 Å². The number of rotatable bonds is 12. The van der Waals surface area contributed by atoms with Gasteiger partial charge in [-0.2, -0.15) is 0 Å². The summed E-state index contributed by atoms with van der Waals surface area (Å²) in [5, 5.41) is 14.4. The number of carboxylic acids is 1. The number of aliphatic carboxylic acids is 1. The molecule has 29 heavy (non-hydrogen) atoms. The van der Waals surface area contributed by atoms with Gasteiger partial charge < -0.3 is 32.1 Å². The van der Waals surface area contributed by atoms with Crippen molar-refractivity contribution in [3.8, 4) is 0 Å². The molecule has 0 aliphatic carbocycles. The first-order valence-corrected chi connectivity index (χ1v) is 10.3. The van der Waals surface area contributed by atoms with Gasteiger partial charge in [0.15, 0.2) is 0 Å². The Bertz CT molecular complexity index is 585. The van der Waals surface area contributed by atoms with E-state index in [1.807, 2.05) is 6.92 Å². The van der Waals surface area contributed by atoms with Gasteiger partial charge in [0, 0.05) is 6.54 Å². The fourth-order valence-corrected chi connectivity index (χ4v) is 3.31. The fraction of sp³-hybridized carbons (Fsp3) is 0.789. The Labute approximate surface area is 171 Å². The van der Waals surface area contributed by atoms with Crippen molar-refractivity contribution in [3.63, 3.8) is 0 Å². The van der Waals surface area contributed by atoms with Gasteiger partial charge in [-0.3, -0.25) is 14.4 Å². The van der Waals surface area contributed by atoms with Crippen molar-refractivity contribution < 1.29 is 24.3 Å². The van der Waals surface area contributed by atoms with Crippen LogP contribution in [0, 0.1) is 5.92 Å². The van der Waals surface area contributed by atoms with E-state index in [4.69, 9.17) is 11.5 Å². The van der Waals surface area contributed by atoms with Crippen LogP contribution in [0.4, 0.5) is 0 Å². The monoisotopic (exact) mass is 413 g/mol. The molecule has 166 valence electrons. The number of unbranched alkanes of at least 4 members (excludes halogenated alkanes) is 1. The summed E-state index contributed by atoms with van der Waals surface area (Å²) in [5.41, 5.74) is 11.2. The van der Waals surface area contributed by atoms with E-state index in [1.54, 1.807) is 6.92 Å². The van der Waals surface area contributed by atoms with Gasteiger partial charge >= 0.3 is 5.97 Å². The van der Waals surface area contributed by atoms with Crippen LogP contribution in [0.1, 0.15) is 52.4 Å². The van der Waals surface area contributed by atoms with E-state index in [9.17, 15) is 24.3 Å². The number of nitrogens with zero attached hydrogens (tertiary/aromatic N) is 1. The maximum atomic E-state index is 12.6. The number of nitrogens with one attached hydrogen (secondary N) is 2. The molecule has 1 rings (SSSR count). The van der Waals surface area contributed by atoms with Gasteiger partial charge in [-0.15, -0.1) is 0 Å². The molecule has 0 spiro atoms. The highest BCUT2D eigenvalue weighted by molar-refractivity contribution is 5.93. The lowest BCUT2D eigenvalue weighted by molar-refractivity contribution is -0.145. The molecule has 0 aromatic rings. The Morgan fingerprint density at radius 3 is 2.52 bits per heavy atom. The molecule has 10 heteroatoms. The number of carbonyl (C=O) groups excluding carboxylic acids is 3. The molecule has 1 aliphatic rings. The highest BCUT2D eigenvalue weighted by Crippen LogP contribution is 2.18. The van der Waals surface area contributed by atoms with Crippen molar-refractivity contribution in [2.45, 2.75) is 70.5 Å². The summed E-state index contributed by atoms with van der Waals surface area (Å²) < 4.78 is 0. The summed E-state index contributed by atoms with van der Waals surface area (Å²) in [6.45, 7) is 4.27. The van der Waals surface area contributed by atoms with Crippen LogP contribution in [0.15, 0.2) is 0 Å². The molecule has 0 aromatic carbocycles. The van der Waals surface area contributed by atoms with Gasteiger partial charge in [-0.25, -0.2) is 4.79 Å². The number of carbonyl (C=O) groups is 4. The van der Waals surface area contributed by atoms with Crippen LogP contribution < -0.4 is 22.1 Å². The minimum absolute atomic E-state index is 0.234. The highest BCUT2D eigenvalue weighted by Gasteiger charge is 2.36. The second-order valence-electron chi connectivity index (χ2n) is 7.56. The smallest absolute Gasteiger partial charge is 0.326 e. The topological polar surface area (TPSA) is 168 Å². The van der Waals surface area contributed by atoms with Crippen LogP contribution in [0.25, 0.3) is 0 Å². The van der Waals surface area contributed by atoms with Gasteiger partial charge in [-0.1, -0.05) is 26.7 Å². The first kappa shape index (κ1) is 24.8. The Morgan fingerprint density at radius 1 is 1.24 bits per heavy atom. The van der Waals surface area contributed by atoms with Crippen molar-refractivity contribution in [2.24, 2.45) is 17.4 Å². The number of hydrogen-bond donors (Lipinski definition) is 5. The molecule has 0 radical (unpaired) electrons. The zero-order chi connectivity index (χ0) is 22.0. The van der Waals surface area contributed by atoms with Crippen LogP contribution in [0.2, 0.25) is 0 Å². The Balaban J connectivity index is 2.59. The second-order valence-corrected chi connectivity index (χ2v) is 7.56. The Kier molecular flexibility index (Phi) is 10.6. The molecule has 1 heterocycles. The molecule has 1 saturated heterocycles. The predicted octanol–water partition coefficient (Wildman–Crippen LogP) is -0.835. The standard InChI is InChI=1S/C19H35N5O5/c1-3-12(2)16(19(28)29)23-18(27)14-8-6-10-24(14)15(25)11-22-17(26)13(21)7-4-5-9-20/h12-14,16H,3-11,20-21H2,1-2H3,(H,22,26)(H,23,27)(H,28,29). The van der Waals surface area contributed by atoms with Gasteiger partial charge in [0.05, 0.1) is 12.6 Å². The highest BCUT2D eigenvalue weighted by atomic mass is 16.4. The Hall–Kier alpha value is -2.20. The van der Waals surface area contributed by atoms with E-state index >= 15 is 0 Å². The molecule has 10 nitrogen and oxygen atoms in total. The van der Waals surface area contributed by atoms with E-state index in [1.165, 1.54) is 4.90 Å². The van der Waals surface area contributed by atoms with Gasteiger partial charge in [-0.05, 0) is 38.1 Å². The third-order valence-electron chi connectivity index (χ3n) is 5.37. The van der Waals surface area contributed by atoms with E-state index in [-0.39, 0.29) is 18.4 Å². The van der Waals surface area contributed by atoms with Gasteiger partial charge in [0.1, 0.15) is 12.1 Å². The average molecular weight is 414 g/mol. The van der Waals surface area contributed by atoms with Crippen LogP contribution in [-0.2, 0) is 19.2 Å². The number of amides is 3. The predicted molar refractivity (Wildman–Crippen MR) is 108 cm³/mol. The fourth-order valence-electron chi connectivity index (χ4n) is 3.31. The van der Waals surface area contributed by atoms with Crippen molar-refractivity contribution >= 4 is 23.7 Å². The van der Waals surface area contributed by atoms with Gasteiger partial charge in [0.2, 0.25) is 17.7 Å². The van der Waals surface area contributed by atoms with E-state index < -0.39 is 35.9 Å². The van der Waals surface area contributed by atoms with Crippen LogP contribution in [-0.4, -0.2) is 71.5 Å². The molecule has 4 atom stereocenters. The van der Waals surface area contributed by atoms with Gasteiger partial charge in [0.25, 0.3) is 0 Å². The summed E-state index contributed by atoms with van der Waals surface area (Å²) in [6.07, 6.45) is 3.68. The SMILES string of the molecule is CCC(C)C(NC(=O)C1CCCN1C(=O)CNC(=O)C(N)CCCCN)C(=O)O. The maximum absolute atomic E-state index is 12.6. The first-order valence-electron chi connectivity index (χ1n) is 10.3. The second kappa shape index (κ2) is 12.4. The average Bonchev–Trinajstić information content (AvgIpc) is 3.19. The molecule has 0 aromatic heterocycles. The number of nitrogens with two attached hydrogens (primary N) is 2. The van der Waals surface area contributed by atoms with E-state index in [2.05, 4.69) is 10.6 Å². The van der Waals surface area contributed by atoms with Crippen LogP contribution in [0.3, 0.4) is 0 Å². The molecule has 3 amide bonds. The third kappa shape index (κ3) is 7.62. The third-order valence-corrected chi connectivity index (χ3v) is 5.37. The van der Waals surface area contributed by atoms with Crippen molar-refractivity contribution in [1.82, 2.24) is 15.5 Å². The molecule has 1 fully saturated rings. The van der Waals surface area contributed by atoms with Crippen molar-refractivity contribution in [1.29, 1.82) is 0 Å². The van der Waals surface area contributed by atoms with E-state index in [0.29, 0.717) is 38.8 Å². The molecular formula is C19H35N5O5. The summed E-state index contributed by atoms with van der Waals surface area (Å²) in [6, 6.07) is -2.45. The minimum atomic E-state index is -1.10. The summed E-state index contributed by atoms with van der Waals surface area (Å²) in [7, 11) is 0. The maximum Gasteiger partial charge on any atom is 0.326 e. The normalized spacial score (nSPS) is 19.3. The largest absolute Gasteiger partial charge is 0.480 e. The summed E-state index contributed by atoms with van der Waals surface area (Å²) >= 11 is 0.